The second-order valence-electron chi connectivity index (χ2n) is 14.2. The van der Waals surface area contributed by atoms with Crippen LogP contribution in [0.3, 0.4) is 0 Å². The quantitative estimate of drug-likeness (QED) is 0.174. The van der Waals surface area contributed by atoms with E-state index in [1.54, 1.807) is 0 Å². The normalized spacial score (nSPS) is 19.7. The van der Waals surface area contributed by atoms with E-state index in [-0.39, 0.29) is 0 Å². The Balaban J connectivity index is 1.35. The molecule has 0 bridgehead atoms. The fourth-order valence-corrected chi connectivity index (χ4v) is 8.50. The summed E-state index contributed by atoms with van der Waals surface area (Å²) in [7, 11) is -0.461. The monoisotopic (exact) mass is 608 g/mol. The van der Waals surface area contributed by atoms with Crippen molar-refractivity contribution in [1.29, 1.82) is 0 Å². The molecular formula is C43H33BO3. The Morgan fingerprint density at radius 2 is 1.02 bits per heavy atom. The molecule has 0 radical (unpaired) electrons. The highest BCUT2D eigenvalue weighted by Crippen LogP contribution is 2.62. The van der Waals surface area contributed by atoms with Gasteiger partial charge in [-0.3, -0.25) is 0 Å². The highest BCUT2D eigenvalue weighted by molar-refractivity contribution is 6.62. The van der Waals surface area contributed by atoms with Crippen molar-refractivity contribution in [3.63, 3.8) is 0 Å². The number of para-hydroxylation sites is 1. The third-order valence-corrected chi connectivity index (χ3v) is 11.4. The molecule has 1 aromatic heterocycles. The molecule has 1 atom stereocenters. The van der Waals surface area contributed by atoms with Crippen LogP contribution in [0.1, 0.15) is 49.9 Å². The van der Waals surface area contributed by atoms with Crippen molar-refractivity contribution in [3.8, 4) is 33.4 Å². The highest BCUT2D eigenvalue weighted by Gasteiger charge is 2.53. The average molecular weight is 609 g/mol. The molecule has 6 aromatic carbocycles. The molecule has 3 aliphatic rings. The third kappa shape index (κ3) is 3.39. The number of benzene rings is 6. The Bertz CT molecular complexity index is 2430. The zero-order valence-corrected chi connectivity index (χ0v) is 26.9. The molecule has 47 heavy (non-hydrogen) atoms. The molecule has 4 heteroatoms. The van der Waals surface area contributed by atoms with Crippen LogP contribution in [0.25, 0.3) is 55.3 Å². The molecule has 10 rings (SSSR count). The zero-order chi connectivity index (χ0) is 31.7. The van der Waals surface area contributed by atoms with Crippen LogP contribution in [-0.4, -0.2) is 18.3 Å². The zero-order valence-electron chi connectivity index (χ0n) is 26.9. The smallest absolute Gasteiger partial charge is 0.455 e. The van der Waals surface area contributed by atoms with Crippen molar-refractivity contribution < 1.29 is 13.7 Å². The molecular weight excluding hydrogens is 575 g/mol. The van der Waals surface area contributed by atoms with Gasteiger partial charge in [-0.15, -0.1) is 0 Å². The maximum absolute atomic E-state index is 6.75. The lowest BCUT2D eigenvalue weighted by Crippen LogP contribution is -2.41. The molecule has 0 amide bonds. The van der Waals surface area contributed by atoms with Gasteiger partial charge in [-0.05, 0) is 89.3 Å². The summed E-state index contributed by atoms with van der Waals surface area (Å²) in [6.45, 7) is 8.45. The summed E-state index contributed by atoms with van der Waals surface area (Å²) in [6.07, 6.45) is 0. The van der Waals surface area contributed by atoms with Gasteiger partial charge in [0, 0.05) is 16.3 Å². The average Bonchev–Trinajstić information content (AvgIpc) is 3.66. The fraction of sp³-hybridized carbons (Fsp3) is 0.163. The van der Waals surface area contributed by atoms with Crippen molar-refractivity contribution in [1.82, 2.24) is 0 Å². The molecule has 2 heterocycles. The van der Waals surface area contributed by atoms with Gasteiger partial charge in [0.05, 0.1) is 16.6 Å². The molecule has 1 aliphatic heterocycles. The Labute approximate surface area is 274 Å². The SMILES string of the molecule is CC1(C)OB(c2ccc3c(c2)-c2ccccc2-c2ccccc2C32c3ccccc3-c3c2ccc2c3oc3ccccc32)OC1(C)C. The molecule has 0 N–H and O–H groups in total. The van der Waals surface area contributed by atoms with Gasteiger partial charge in [0.1, 0.15) is 11.2 Å². The van der Waals surface area contributed by atoms with Crippen molar-refractivity contribution >= 4 is 34.5 Å². The molecule has 3 nitrogen and oxygen atoms in total. The molecule has 7 aromatic rings. The Kier molecular flexibility index (Phi) is 5.29. The maximum atomic E-state index is 6.75. The van der Waals surface area contributed by atoms with E-state index in [2.05, 4.69) is 149 Å². The number of fused-ring (bicyclic) bond motifs is 16. The van der Waals surface area contributed by atoms with Crippen LogP contribution in [0, 0.1) is 0 Å². The molecule has 2 aliphatic carbocycles. The van der Waals surface area contributed by atoms with Crippen molar-refractivity contribution in [2.45, 2.75) is 44.3 Å². The third-order valence-electron chi connectivity index (χ3n) is 11.4. The molecule has 1 spiro atoms. The van der Waals surface area contributed by atoms with E-state index in [0.29, 0.717) is 0 Å². The van der Waals surface area contributed by atoms with E-state index in [4.69, 9.17) is 13.7 Å². The Morgan fingerprint density at radius 3 is 1.77 bits per heavy atom. The summed E-state index contributed by atoms with van der Waals surface area (Å²) in [5, 5.41) is 2.29. The van der Waals surface area contributed by atoms with Crippen LogP contribution >= 0.6 is 0 Å². The number of hydrogen-bond acceptors (Lipinski definition) is 3. The lowest BCUT2D eigenvalue weighted by Gasteiger charge is -2.35. The van der Waals surface area contributed by atoms with Crippen molar-refractivity contribution in [2.75, 3.05) is 0 Å². The van der Waals surface area contributed by atoms with Crippen LogP contribution in [0.2, 0.25) is 0 Å². The van der Waals surface area contributed by atoms with E-state index >= 15 is 0 Å². The molecule has 1 fully saturated rings. The Hall–Kier alpha value is -4.90. The Morgan fingerprint density at radius 1 is 0.468 bits per heavy atom. The first kappa shape index (κ1) is 27.2. The van der Waals surface area contributed by atoms with Gasteiger partial charge in [-0.1, -0.05) is 121 Å². The van der Waals surface area contributed by atoms with Gasteiger partial charge in [0.2, 0.25) is 0 Å². The molecule has 0 saturated carbocycles. The molecule has 226 valence electrons. The van der Waals surface area contributed by atoms with E-state index in [9.17, 15) is 0 Å². The number of furan rings is 1. The van der Waals surface area contributed by atoms with Crippen molar-refractivity contribution in [2.24, 2.45) is 0 Å². The largest absolute Gasteiger partial charge is 0.494 e. The molecule has 1 saturated heterocycles. The summed E-state index contributed by atoms with van der Waals surface area (Å²) < 4.78 is 19.9. The first-order valence-electron chi connectivity index (χ1n) is 16.5. The van der Waals surface area contributed by atoms with Crippen LogP contribution in [0.4, 0.5) is 0 Å². The topological polar surface area (TPSA) is 31.6 Å². The molecule has 1 unspecified atom stereocenters. The minimum absolute atomic E-state index is 0.429. The lowest BCUT2D eigenvalue weighted by atomic mass is 9.65. The summed E-state index contributed by atoms with van der Waals surface area (Å²) in [5.41, 5.74) is 13.7. The standard InChI is InChI=1S/C43H33BO3/c1-41(2)42(3,4)47-44(46-41)26-21-23-36-33(25-26)28-14-6-5-13-27(28)29-15-7-10-18-34(29)43(36)35-19-11-8-17-32(35)39-37(43)24-22-31-30-16-9-12-20-38(30)45-40(31)39/h5-25H,1-4H3. The van der Waals surface area contributed by atoms with Crippen LogP contribution in [-0.2, 0) is 14.7 Å². The van der Waals surface area contributed by atoms with E-state index in [1.165, 1.54) is 55.6 Å². The van der Waals surface area contributed by atoms with E-state index < -0.39 is 23.7 Å². The minimum Gasteiger partial charge on any atom is -0.455 e. The summed E-state index contributed by atoms with van der Waals surface area (Å²) in [6, 6.07) is 46.6. The predicted molar refractivity (Wildman–Crippen MR) is 191 cm³/mol. The summed E-state index contributed by atoms with van der Waals surface area (Å²) in [4.78, 5) is 0. The first-order valence-corrected chi connectivity index (χ1v) is 16.5. The summed E-state index contributed by atoms with van der Waals surface area (Å²) >= 11 is 0. The second kappa shape index (κ2) is 9.13. The van der Waals surface area contributed by atoms with E-state index in [1.807, 2.05) is 6.07 Å². The van der Waals surface area contributed by atoms with Gasteiger partial charge < -0.3 is 13.7 Å². The number of rotatable bonds is 1. The van der Waals surface area contributed by atoms with Crippen LogP contribution in [0.15, 0.2) is 132 Å². The van der Waals surface area contributed by atoms with Gasteiger partial charge in [-0.2, -0.15) is 0 Å². The van der Waals surface area contributed by atoms with Gasteiger partial charge in [0.25, 0.3) is 0 Å². The van der Waals surface area contributed by atoms with Crippen molar-refractivity contribution in [3.05, 3.63) is 150 Å². The van der Waals surface area contributed by atoms with Crippen LogP contribution < -0.4 is 5.46 Å². The first-order chi connectivity index (χ1) is 22.8. The summed E-state index contributed by atoms with van der Waals surface area (Å²) in [5.74, 6) is 0. The minimum atomic E-state index is -0.585. The highest BCUT2D eigenvalue weighted by atomic mass is 16.7. The lowest BCUT2D eigenvalue weighted by molar-refractivity contribution is 0.00578. The van der Waals surface area contributed by atoms with E-state index in [0.717, 1.165) is 27.4 Å². The van der Waals surface area contributed by atoms with Gasteiger partial charge in [-0.25, -0.2) is 0 Å². The fourth-order valence-electron chi connectivity index (χ4n) is 8.50. The van der Waals surface area contributed by atoms with Gasteiger partial charge in [0.15, 0.2) is 0 Å². The second-order valence-corrected chi connectivity index (χ2v) is 14.2. The number of hydrogen-bond donors (Lipinski definition) is 0. The maximum Gasteiger partial charge on any atom is 0.494 e. The van der Waals surface area contributed by atoms with Gasteiger partial charge >= 0.3 is 7.12 Å². The predicted octanol–water partition coefficient (Wildman–Crippen LogP) is 9.90. The van der Waals surface area contributed by atoms with Crippen LogP contribution in [0.5, 0.6) is 0 Å².